The van der Waals surface area contributed by atoms with E-state index >= 15 is 0 Å². The summed E-state index contributed by atoms with van der Waals surface area (Å²) in [6, 6.07) is 7.79. The van der Waals surface area contributed by atoms with E-state index < -0.39 is 0 Å². The summed E-state index contributed by atoms with van der Waals surface area (Å²) in [7, 11) is 0. The number of carbonyl (C=O) groups is 1. The lowest BCUT2D eigenvalue weighted by Gasteiger charge is -2.27. The number of hydrogen-bond acceptors (Lipinski definition) is 2. The largest absolute Gasteiger partial charge is 0.399 e. The maximum atomic E-state index is 12.0. The molecule has 0 saturated carbocycles. The molecule has 0 bridgehead atoms. The first-order valence-electron chi connectivity index (χ1n) is 6.43. The van der Waals surface area contributed by atoms with E-state index in [1.807, 2.05) is 49.9 Å². The third-order valence-electron chi connectivity index (χ3n) is 2.74. The van der Waals surface area contributed by atoms with Gasteiger partial charge >= 0.3 is 6.03 Å². The fourth-order valence-electron chi connectivity index (χ4n) is 1.64. The van der Waals surface area contributed by atoms with Gasteiger partial charge in [0.1, 0.15) is 0 Å². The molecular formula is C14H23N3O. The Morgan fingerprint density at radius 1 is 1.33 bits per heavy atom. The van der Waals surface area contributed by atoms with Crippen molar-refractivity contribution in [3.05, 3.63) is 29.8 Å². The number of hydrogen-bond donors (Lipinski definition) is 2. The molecule has 100 valence electrons. The number of nitrogen functional groups attached to an aromatic ring is 1. The summed E-state index contributed by atoms with van der Waals surface area (Å²) in [4.78, 5) is 13.8. The fourth-order valence-corrected chi connectivity index (χ4v) is 1.64. The van der Waals surface area contributed by atoms with E-state index in [2.05, 4.69) is 5.32 Å². The van der Waals surface area contributed by atoms with Crippen molar-refractivity contribution in [1.29, 1.82) is 0 Å². The molecule has 0 heterocycles. The van der Waals surface area contributed by atoms with Gasteiger partial charge in [-0.1, -0.05) is 19.1 Å². The Hall–Kier alpha value is -1.71. The van der Waals surface area contributed by atoms with E-state index in [1.54, 1.807) is 0 Å². The van der Waals surface area contributed by atoms with Crippen LogP contribution in [0.15, 0.2) is 24.3 Å². The first-order valence-corrected chi connectivity index (χ1v) is 6.43. The maximum absolute atomic E-state index is 12.0. The molecule has 3 N–H and O–H groups in total. The van der Waals surface area contributed by atoms with Crippen LogP contribution >= 0.6 is 0 Å². The number of nitrogens with zero attached hydrogens (tertiary/aromatic N) is 1. The summed E-state index contributed by atoms with van der Waals surface area (Å²) in [6.45, 7) is 7.39. The van der Waals surface area contributed by atoms with Gasteiger partial charge in [0.15, 0.2) is 0 Å². The predicted octanol–water partition coefficient (Wildman–Crippen LogP) is 2.60. The van der Waals surface area contributed by atoms with E-state index in [9.17, 15) is 4.79 Å². The Morgan fingerprint density at radius 2 is 1.94 bits per heavy atom. The van der Waals surface area contributed by atoms with Crippen molar-refractivity contribution in [2.24, 2.45) is 0 Å². The molecule has 0 aromatic heterocycles. The molecular weight excluding hydrogens is 226 g/mol. The Balaban J connectivity index is 2.68. The van der Waals surface area contributed by atoms with E-state index in [1.165, 1.54) is 0 Å². The smallest absolute Gasteiger partial charge is 0.317 e. The average Bonchev–Trinajstić information content (AvgIpc) is 2.34. The van der Waals surface area contributed by atoms with Gasteiger partial charge in [-0.3, -0.25) is 0 Å². The van der Waals surface area contributed by atoms with Crippen molar-refractivity contribution >= 4 is 11.7 Å². The molecule has 0 aliphatic carbocycles. The van der Waals surface area contributed by atoms with Gasteiger partial charge in [-0.15, -0.1) is 0 Å². The lowest BCUT2D eigenvalue weighted by Crippen LogP contribution is -2.43. The highest BCUT2D eigenvalue weighted by Gasteiger charge is 2.16. The Bertz CT molecular complexity index is 373. The number of carbonyl (C=O) groups excluding carboxylic acids is 1. The molecule has 4 nitrogen and oxygen atoms in total. The highest BCUT2D eigenvalue weighted by Crippen LogP contribution is 2.11. The van der Waals surface area contributed by atoms with Crippen LogP contribution in [0.3, 0.4) is 0 Å². The topological polar surface area (TPSA) is 58.4 Å². The third-order valence-corrected chi connectivity index (χ3v) is 2.74. The normalized spacial score (nSPS) is 10.4. The molecule has 2 amide bonds. The van der Waals surface area contributed by atoms with Gasteiger partial charge in [-0.05, 0) is 38.0 Å². The van der Waals surface area contributed by atoms with Crippen molar-refractivity contribution < 1.29 is 4.79 Å². The molecule has 0 spiro atoms. The zero-order valence-corrected chi connectivity index (χ0v) is 11.4. The van der Waals surface area contributed by atoms with Crippen molar-refractivity contribution in [2.45, 2.75) is 39.8 Å². The molecule has 0 radical (unpaired) electrons. The Labute approximate surface area is 109 Å². The zero-order valence-electron chi connectivity index (χ0n) is 11.4. The molecule has 0 atom stereocenters. The monoisotopic (exact) mass is 249 g/mol. The molecule has 1 rings (SSSR count). The number of amides is 2. The van der Waals surface area contributed by atoms with Crippen molar-refractivity contribution in [3.63, 3.8) is 0 Å². The molecule has 0 saturated heterocycles. The molecule has 0 unspecified atom stereocenters. The zero-order chi connectivity index (χ0) is 13.5. The first-order chi connectivity index (χ1) is 8.54. The summed E-state index contributed by atoms with van der Waals surface area (Å²) >= 11 is 0. The van der Waals surface area contributed by atoms with Crippen LogP contribution in [0.2, 0.25) is 0 Å². The lowest BCUT2D eigenvalue weighted by molar-refractivity contribution is 0.180. The predicted molar refractivity (Wildman–Crippen MR) is 75.2 cm³/mol. The second-order valence-corrected chi connectivity index (χ2v) is 4.70. The second kappa shape index (κ2) is 6.89. The summed E-state index contributed by atoms with van der Waals surface area (Å²) in [5.74, 6) is 0. The first kappa shape index (κ1) is 14.4. The van der Waals surface area contributed by atoms with Gasteiger partial charge in [0.25, 0.3) is 0 Å². The SMILES string of the molecule is CCCNC(=O)N(Cc1ccc(N)cc1)C(C)C. The van der Waals surface area contributed by atoms with Crippen LogP contribution in [0.1, 0.15) is 32.8 Å². The van der Waals surface area contributed by atoms with Gasteiger partial charge in [0.05, 0.1) is 0 Å². The molecule has 0 fully saturated rings. The van der Waals surface area contributed by atoms with Gasteiger partial charge in [0, 0.05) is 24.8 Å². The number of nitrogens with two attached hydrogens (primary N) is 1. The van der Waals surface area contributed by atoms with Crippen molar-refractivity contribution in [2.75, 3.05) is 12.3 Å². The second-order valence-electron chi connectivity index (χ2n) is 4.70. The fraction of sp³-hybridized carbons (Fsp3) is 0.500. The van der Waals surface area contributed by atoms with E-state index in [0.29, 0.717) is 13.1 Å². The molecule has 0 aliphatic rings. The van der Waals surface area contributed by atoms with Crippen LogP contribution in [-0.2, 0) is 6.54 Å². The third kappa shape index (κ3) is 4.28. The number of nitrogens with one attached hydrogen (secondary N) is 1. The number of benzene rings is 1. The summed E-state index contributed by atoms with van der Waals surface area (Å²) < 4.78 is 0. The van der Waals surface area contributed by atoms with Crippen LogP contribution in [0, 0.1) is 0 Å². The number of anilines is 1. The Morgan fingerprint density at radius 3 is 2.44 bits per heavy atom. The van der Waals surface area contributed by atoms with Crippen molar-refractivity contribution in [3.8, 4) is 0 Å². The maximum Gasteiger partial charge on any atom is 0.317 e. The summed E-state index contributed by atoms with van der Waals surface area (Å²) in [5, 5.41) is 2.91. The van der Waals surface area contributed by atoms with Gasteiger partial charge in [-0.2, -0.15) is 0 Å². The average molecular weight is 249 g/mol. The molecule has 1 aromatic carbocycles. The molecule has 18 heavy (non-hydrogen) atoms. The quantitative estimate of drug-likeness (QED) is 0.788. The molecule has 4 heteroatoms. The highest BCUT2D eigenvalue weighted by atomic mass is 16.2. The molecule has 1 aromatic rings. The highest BCUT2D eigenvalue weighted by molar-refractivity contribution is 5.74. The van der Waals surface area contributed by atoms with Crippen LogP contribution in [-0.4, -0.2) is 23.5 Å². The van der Waals surface area contributed by atoms with Crippen LogP contribution in [0.25, 0.3) is 0 Å². The number of urea groups is 1. The minimum atomic E-state index is -0.0105. The summed E-state index contributed by atoms with van der Waals surface area (Å²) in [6.07, 6.45) is 0.944. The Kier molecular flexibility index (Phi) is 5.49. The number of rotatable bonds is 5. The lowest BCUT2D eigenvalue weighted by atomic mass is 10.2. The van der Waals surface area contributed by atoms with Crippen LogP contribution in [0.5, 0.6) is 0 Å². The van der Waals surface area contributed by atoms with Crippen LogP contribution < -0.4 is 11.1 Å². The molecule has 0 aliphatic heterocycles. The van der Waals surface area contributed by atoms with Crippen molar-refractivity contribution in [1.82, 2.24) is 10.2 Å². The van der Waals surface area contributed by atoms with E-state index in [-0.39, 0.29) is 12.1 Å². The van der Waals surface area contributed by atoms with Gasteiger partial charge in [-0.25, -0.2) is 4.79 Å². The van der Waals surface area contributed by atoms with Gasteiger partial charge in [0.2, 0.25) is 0 Å². The van der Waals surface area contributed by atoms with Gasteiger partial charge < -0.3 is 16.0 Å². The standard InChI is InChI=1S/C14H23N3O/c1-4-9-16-14(18)17(11(2)3)10-12-5-7-13(15)8-6-12/h5-8,11H,4,9-10,15H2,1-3H3,(H,16,18). The van der Waals surface area contributed by atoms with E-state index in [4.69, 9.17) is 5.73 Å². The van der Waals surface area contributed by atoms with E-state index in [0.717, 1.165) is 17.7 Å². The minimum absolute atomic E-state index is 0.0105. The minimum Gasteiger partial charge on any atom is -0.399 e. The summed E-state index contributed by atoms with van der Waals surface area (Å²) in [5.41, 5.74) is 7.48. The van der Waals surface area contributed by atoms with Crippen LogP contribution in [0.4, 0.5) is 10.5 Å².